The van der Waals surface area contributed by atoms with E-state index >= 15 is 0 Å². The molecule has 25 heavy (non-hydrogen) atoms. The van der Waals surface area contributed by atoms with Gasteiger partial charge in [-0.25, -0.2) is 0 Å². The van der Waals surface area contributed by atoms with Crippen LogP contribution in [0.5, 0.6) is 0 Å². The van der Waals surface area contributed by atoms with Gasteiger partial charge in [-0.05, 0) is 31.6 Å². The third kappa shape index (κ3) is 6.53. The molecule has 0 aromatic rings. The number of rotatable bonds is 6. The first-order chi connectivity index (χ1) is 12.1. The normalized spacial score (nSPS) is 23.3. The summed E-state index contributed by atoms with van der Waals surface area (Å²) in [6.07, 6.45) is 8.18. The second-order valence-corrected chi connectivity index (χ2v) is 7.12. The number of nitrogens with one attached hydrogen (secondary N) is 1. The Morgan fingerprint density at radius 3 is 2.56 bits per heavy atom. The molecular weight excluding hydrogens is 320 g/mol. The highest BCUT2D eigenvalue weighted by Gasteiger charge is 2.25. The maximum absolute atomic E-state index is 12.4. The van der Waals surface area contributed by atoms with Gasteiger partial charge in [-0.1, -0.05) is 12.8 Å². The number of nitrogens with two attached hydrogens (primary N) is 2. The van der Waals surface area contributed by atoms with Gasteiger partial charge >= 0.3 is 0 Å². The first kappa shape index (κ1) is 19.5. The molecule has 142 valence electrons. The molecule has 0 aromatic carbocycles. The molecule has 0 bridgehead atoms. The van der Waals surface area contributed by atoms with E-state index in [9.17, 15) is 9.59 Å². The minimum atomic E-state index is -0.745. The Balaban J connectivity index is 1.70. The van der Waals surface area contributed by atoms with E-state index in [0.29, 0.717) is 12.5 Å². The lowest BCUT2D eigenvalue weighted by Gasteiger charge is -2.31. The summed E-state index contributed by atoms with van der Waals surface area (Å²) in [7, 11) is 0. The summed E-state index contributed by atoms with van der Waals surface area (Å²) in [5.74, 6) is 5.31. The standard InChI is InChI=1S/C17H32N6O2/c18-15(17(25)23-8-3-1-2-4-9-23)10-16(24)20-11-14-6-5-7-22(12-14)13-21-19/h13-15H,1-12,18-19H2,(H,20,24)/t14-,15-/m0/s1. The van der Waals surface area contributed by atoms with Crippen LogP contribution in [0.3, 0.4) is 0 Å². The lowest BCUT2D eigenvalue weighted by atomic mass is 9.98. The Morgan fingerprint density at radius 2 is 1.88 bits per heavy atom. The van der Waals surface area contributed by atoms with E-state index in [2.05, 4.69) is 15.3 Å². The highest BCUT2D eigenvalue weighted by molar-refractivity contribution is 5.88. The summed E-state index contributed by atoms with van der Waals surface area (Å²) < 4.78 is 0. The molecule has 8 nitrogen and oxygen atoms in total. The monoisotopic (exact) mass is 352 g/mol. The van der Waals surface area contributed by atoms with E-state index in [4.69, 9.17) is 11.6 Å². The second kappa shape index (κ2) is 10.2. The van der Waals surface area contributed by atoms with Gasteiger partial charge in [-0.2, -0.15) is 5.10 Å². The molecule has 0 saturated carbocycles. The van der Waals surface area contributed by atoms with Crippen LogP contribution in [0.2, 0.25) is 0 Å². The summed E-state index contributed by atoms with van der Waals surface area (Å²) in [4.78, 5) is 28.4. The van der Waals surface area contributed by atoms with E-state index in [1.165, 1.54) is 0 Å². The van der Waals surface area contributed by atoms with Gasteiger partial charge in [0, 0.05) is 32.7 Å². The number of nitrogens with zero attached hydrogens (tertiary/aromatic N) is 3. The van der Waals surface area contributed by atoms with Crippen molar-refractivity contribution in [2.24, 2.45) is 22.6 Å². The number of carbonyl (C=O) groups excluding carboxylic acids is 2. The number of likely N-dealkylation sites (tertiary alicyclic amines) is 2. The fourth-order valence-electron chi connectivity index (χ4n) is 3.61. The molecule has 8 heteroatoms. The van der Waals surface area contributed by atoms with Crippen LogP contribution in [0, 0.1) is 5.92 Å². The molecule has 0 aliphatic carbocycles. The van der Waals surface area contributed by atoms with E-state index in [1.807, 2.05) is 4.90 Å². The molecule has 2 aliphatic rings. The van der Waals surface area contributed by atoms with E-state index < -0.39 is 6.04 Å². The highest BCUT2D eigenvalue weighted by Crippen LogP contribution is 2.14. The molecule has 2 atom stereocenters. The molecule has 5 N–H and O–H groups in total. The lowest BCUT2D eigenvalue weighted by molar-refractivity contribution is -0.135. The molecule has 0 radical (unpaired) electrons. The maximum Gasteiger partial charge on any atom is 0.240 e. The van der Waals surface area contributed by atoms with E-state index in [-0.39, 0.29) is 18.2 Å². The van der Waals surface area contributed by atoms with Gasteiger partial charge in [0.25, 0.3) is 0 Å². The summed E-state index contributed by atoms with van der Waals surface area (Å²) in [5.41, 5.74) is 5.98. The van der Waals surface area contributed by atoms with Crippen LogP contribution >= 0.6 is 0 Å². The number of carbonyl (C=O) groups is 2. The van der Waals surface area contributed by atoms with Gasteiger partial charge < -0.3 is 26.7 Å². The average molecular weight is 352 g/mol. The Labute approximate surface area is 150 Å². The van der Waals surface area contributed by atoms with Crippen molar-refractivity contribution in [3.63, 3.8) is 0 Å². The number of amides is 2. The minimum Gasteiger partial charge on any atom is -0.361 e. The lowest BCUT2D eigenvalue weighted by Crippen LogP contribution is -2.47. The Kier molecular flexibility index (Phi) is 7.97. The van der Waals surface area contributed by atoms with Crippen molar-refractivity contribution in [1.82, 2.24) is 15.1 Å². The Bertz CT molecular complexity index is 462. The average Bonchev–Trinajstić information content (AvgIpc) is 2.89. The van der Waals surface area contributed by atoms with Crippen LogP contribution < -0.4 is 16.9 Å². The van der Waals surface area contributed by atoms with Crippen LogP contribution in [0.1, 0.15) is 44.9 Å². The molecule has 2 aliphatic heterocycles. The van der Waals surface area contributed by atoms with Gasteiger partial charge in [-0.15, -0.1) is 0 Å². The maximum atomic E-state index is 12.4. The predicted molar refractivity (Wildman–Crippen MR) is 97.6 cm³/mol. The first-order valence-electron chi connectivity index (χ1n) is 9.38. The van der Waals surface area contributed by atoms with Crippen molar-refractivity contribution < 1.29 is 9.59 Å². The zero-order valence-electron chi connectivity index (χ0n) is 15.0. The van der Waals surface area contributed by atoms with Crippen molar-refractivity contribution in [1.29, 1.82) is 0 Å². The molecule has 0 unspecified atom stereocenters. The summed E-state index contributed by atoms with van der Waals surface area (Å²) >= 11 is 0. The van der Waals surface area contributed by atoms with Crippen molar-refractivity contribution in [2.45, 2.75) is 51.0 Å². The highest BCUT2D eigenvalue weighted by atomic mass is 16.2. The van der Waals surface area contributed by atoms with Gasteiger partial charge in [0.15, 0.2) is 0 Å². The SMILES string of the molecule is NN=CN1CCC[C@@H](CNC(=O)C[C@H](N)C(=O)N2CCCCCC2)C1. The summed E-state index contributed by atoms with van der Waals surface area (Å²) in [6.45, 7) is 3.89. The van der Waals surface area contributed by atoms with Crippen LogP contribution in [0.15, 0.2) is 5.10 Å². The van der Waals surface area contributed by atoms with Crippen molar-refractivity contribution >= 4 is 18.2 Å². The molecule has 2 saturated heterocycles. The summed E-state index contributed by atoms with van der Waals surface area (Å²) in [6, 6.07) is -0.745. The third-order valence-electron chi connectivity index (χ3n) is 5.01. The largest absolute Gasteiger partial charge is 0.361 e. The van der Waals surface area contributed by atoms with Crippen molar-refractivity contribution in [3.05, 3.63) is 0 Å². The molecule has 0 aromatic heterocycles. The van der Waals surface area contributed by atoms with Crippen LogP contribution in [0.25, 0.3) is 0 Å². The van der Waals surface area contributed by atoms with Gasteiger partial charge in [0.05, 0.1) is 12.5 Å². The van der Waals surface area contributed by atoms with Crippen molar-refractivity contribution in [2.75, 3.05) is 32.7 Å². The third-order valence-corrected chi connectivity index (χ3v) is 5.01. The van der Waals surface area contributed by atoms with Crippen molar-refractivity contribution in [3.8, 4) is 0 Å². The van der Waals surface area contributed by atoms with Gasteiger partial charge in [0.2, 0.25) is 11.8 Å². The quantitative estimate of drug-likeness (QED) is 0.266. The Hall–Kier alpha value is -1.83. The number of piperidine rings is 1. The topological polar surface area (TPSA) is 117 Å². The molecule has 2 heterocycles. The van der Waals surface area contributed by atoms with E-state index in [0.717, 1.165) is 64.7 Å². The number of hydrogen-bond acceptors (Lipinski definition) is 5. The zero-order valence-corrected chi connectivity index (χ0v) is 15.0. The molecule has 0 spiro atoms. The Morgan fingerprint density at radius 1 is 1.16 bits per heavy atom. The fraction of sp³-hybridized carbons (Fsp3) is 0.824. The second-order valence-electron chi connectivity index (χ2n) is 7.12. The summed E-state index contributed by atoms with van der Waals surface area (Å²) in [5, 5.41) is 6.48. The molecular formula is C17H32N6O2. The fourth-order valence-corrected chi connectivity index (χ4v) is 3.61. The van der Waals surface area contributed by atoms with E-state index in [1.54, 1.807) is 6.34 Å². The smallest absolute Gasteiger partial charge is 0.240 e. The number of hydrazone groups is 1. The van der Waals surface area contributed by atoms with Gasteiger partial charge in [0.1, 0.15) is 6.34 Å². The molecule has 2 rings (SSSR count). The molecule has 2 fully saturated rings. The number of hydrogen-bond donors (Lipinski definition) is 3. The van der Waals surface area contributed by atoms with Crippen LogP contribution in [0.4, 0.5) is 0 Å². The first-order valence-corrected chi connectivity index (χ1v) is 9.38. The minimum absolute atomic E-state index is 0.0516. The zero-order chi connectivity index (χ0) is 18.1. The van der Waals surface area contributed by atoms with Crippen LogP contribution in [-0.2, 0) is 9.59 Å². The molecule has 2 amide bonds. The van der Waals surface area contributed by atoms with Gasteiger partial charge in [-0.3, -0.25) is 9.59 Å². The predicted octanol–water partition coefficient (Wildman–Crippen LogP) is -0.163. The van der Waals surface area contributed by atoms with Crippen LogP contribution in [-0.4, -0.2) is 66.7 Å².